The fourth-order valence-corrected chi connectivity index (χ4v) is 3.40. The number of hydrogen-bond donors (Lipinski definition) is 0. The quantitative estimate of drug-likeness (QED) is 0.340. The highest BCUT2D eigenvalue weighted by atomic mass is 32.2. The second-order valence-corrected chi connectivity index (χ2v) is 7.25. The van der Waals surface area contributed by atoms with Crippen LogP contribution in [0.3, 0.4) is 0 Å². The van der Waals surface area contributed by atoms with Crippen LogP contribution in [0.1, 0.15) is 11.1 Å². The summed E-state index contributed by atoms with van der Waals surface area (Å²) in [4.78, 5) is 10.2. The van der Waals surface area contributed by atoms with Gasteiger partial charge in [0.15, 0.2) is 5.75 Å². The van der Waals surface area contributed by atoms with Gasteiger partial charge < -0.3 is 8.60 Å². The average Bonchev–Trinajstić information content (AvgIpc) is 2.59. The van der Waals surface area contributed by atoms with E-state index in [1.165, 1.54) is 24.3 Å². The first-order valence-electron chi connectivity index (χ1n) is 7.54. The summed E-state index contributed by atoms with van der Waals surface area (Å²) in [6.45, 7) is 0. The molecule has 0 unspecified atom stereocenters. The van der Waals surface area contributed by atoms with E-state index in [9.17, 15) is 39.6 Å². The molecule has 0 amide bonds. The van der Waals surface area contributed by atoms with E-state index < -0.39 is 49.9 Å². The van der Waals surface area contributed by atoms with Crippen molar-refractivity contribution in [1.82, 2.24) is 0 Å². The molecular formula is C17H8F6O5S. The molecule has 0 radical (unpaired) electrons. The minimum absolute atomic E-state index is 0.0121. The predicted octanol–water partition coefficient (Wildman–Crippen LogP) is 4.60. The third-order valence-electron chi connectivity index (χ3n) is 3.66. The highest BCUT2D eigenvalue weighted by molar-refractivity contribution is 7.87. The van der Waals surface area contributed by atoms with Gasteiger partial charge >= 0.3 is 28.1 Å². The normalized spacial score (nSPS) is 12.9. The van der Waals surface area contributed by atoms with Crippen LogP contribution >= 0.6 is 0 Å². The Hall–Kier alpha value is -3.02. The molecule has 154 valence electrons. The van der Waals surface area contributed by atoms with Crippen molar-refractivity contribution in [3.63, 3.8) is 0 Å². The number of hydrogen-bond acceptors (Lipinski definition) is 5. The van der Waals surface area contributed by atoms with E-state index >= 15 is 0 Å². The van der Waals surface area contributed by atoms with Gasteiger partial charge in [-0.05, 0) is 30.3 Å². The number of fused-ring (bicyclic) bond motifs is 1. The third kappa shape index (κ3) is 4.36. The van der Waals surface area contributed by atoms with Crippen molar-refractivity contribution < 1.29 is 43.4 Å². The summed E-state index contributed by atoms with van der Waals surface area (Å²) in [6, 6.07) is 5.87. The van der Waals surface area contributed by atoms with Crippen molar-refractivity contribution in [2.24, 2.45) is 0 Å². The summed E-state index contributed by atoms with van der Waals surface area (Å²) >= 11 is 0. The molecule has 0 bridgehead atoms. The Morgan fingerprint density at radius 1 is 0.828 bits per heavy atom. The van der Waals surface area contributed by atoms with Crippen LogP contribution in [0, 0.1) is 0 Å². The maximum atomic E-state index is 13.0. The molecule has 12 heteroatoms. The van der Waals surface area contributed by atoms with Crippen molar-refractivity contribution >= 4 is 21.1 Å². The van der Waals surface area contributed by atoms with Crippen LogP contribution in [0.4, 0.5) is 26.3 Å². The molecule has 0 saturated carbocycles. The molecule has 3 rings (SSSR count). The zero-order chi connectivity index (χ0) is 21.6. The van der Waals surface area contributed by atoms with E-state index in [4.69, 9.17) is 8.60 Å². The van der Waals surface area contributed by atoms with Crippen LogP contribution in [0.2, 0.25) is 0 Å². The minimum atomic E-state index is -5.24. The van der Waals surface area contributed by atoms with Gasteiger partial charge in [0.1, 0.15) is 10.5 Å². The molecule has 0 saturated heterocycles. The van der Waals surface area contributed by atoms with Crippen molar-refractivity contribution in [1.29, 1.82) is 0 Å². The lowest BCUT2D eigenvalue weighted by Gasteiger charge is -2.15. The van der Waals surface area contributed by atoms with Crippen molar-refractivity contribution in [2.75, 3.05) is 0 Å². The molecular weight excluding hydrogens is 430 g/mol. The fourth-order valence-electron chi connectivity index (χ4n) is 2.39. The highest BCUT2D eigenvalue weighted by Gasteiger charge is 2.38. The van der Waals surface area contributed by atoms with Crippen LogP contribution in [-0.2, 0) is 22.5 Å². The predicted molar refractivity (Wildman–Crippen MR) is 86.7 cm³/mol. The Labute approximate surface area is 158 Å². The first-order valence-corrected chi connectivity index (χ1v) is 8.95. The highest BCUT2D eigenvalue weighted by Crippen LogP contribution is 2.38. The molecule has 1 aromatic heterocycles. The molecule has 29 heavy (non-hydrogen) atoms. The number of halogens is 6. The standard InChI is InChI=1S/C17H8F6O5S/c18-16(19,20)9-5-10(17(21,22)23)7-11(6-9)29(25,26)28-14-8-15(24)27-13-4-2-1-3-12(13)14/h1-8H. The zero-order valence-corrected chi connectivity index (χ0v) is 14.7. The summed E-state index contributed by atoms with van der Waals surface area (Å²) < 4.78 is 112. The van der Waals surface area contributed by atoms with E-state index in [1.54, 1.807) is 0 Å². The first kappa shape index (κ1) is 20.7. The van der Waals surface area contributed by atoms with Crippen molar-refractivity contribution in [2.45, 2.75) is 17.2 Å². The Bertz CT molecular complexity index is 1210. The lowest BCUT2D eigenvalue weighted by molar-refractivity contribution is -0.143. The summed E-state index contributed by atoms with van der Waals surface area (Å²) in [5.74, 6) is -0.608. The molecule has 0 fully saturated rings. The summed E-state index contributed by atoms with van der Waals surface area (Å²) in [5.41, 5.74) is -4.78. The molecule has 0 aliphatic heterocycles. The van der Waals surface area contributed by atoms with Gasteiger partial charge in [0.25, 0.3) is 0 Å². The van der Waals surface area contributed by atoms with Crippen LogP contribution < -0.4 is 9.81 Å². The van der Waals surface area contributed by atoms with E-state index in [0.29, 0.717) is 6.07 Å². The summed E-state index contributed by atoms with van der Waals surface area (Å²) in [5, 5.41) is -0.0290. The molecule has 2 aromatic carbocycles. The molecule has 1 heterocycles. The molecule has 0 aliphatic rings. The van der Waals surface area contributed by atoms with Gasteiger partial charge in [0.2, 0.25) is 0 Å². The van der Waals surface area contributed by atoms with Crippen LogP contribution in [0.5, 0.6) is 5.75 Å². The molecule has 3 aromatic rings. The maximum Gasteiger partial charge on any atom is 0.416 e. The van der Waals surface area contributed by atoms with Crippen molar-refractivity contribution in [3.05, 3.63) is 70.1 Å². The third-order valence-corrected chi connectivity index (χ3v) is 4.87. The Kier molecular flexibility index (Phi) is 4.85. The van der Waals surface area contributed by atoms with E-state index in [-0.39, 0.29) is 29.2 Å². The molecule has 0 spiro atoms. The summed E-state index contributed by atoms with van der Waals surface area (Å²) in [6.07, 6.45) is -10.5. The number of para-hydroxylation sites is 1. The van der Waals surface area contributed by atoms with Crippen LogP contribution in [0.15, 0.2) is 62.6 Å². The van der Waals surface area contributed by atoms with Gasteiger partial charge in [-0.2, -0.15) is 34.8 Å². The minimum Gasteiger partial charge on any atom is -0.422 e. The topological polar surface area (TPSA) is 73.6 Å². The molecule has 0 aliphatic carbocycles. The van der Waals surface area contributed by atoms with Gasteiger partial charge in [-0.25, -0.2) is 4.79 Å². The second-order valence-electron chi connectivity index (χ2n) is 5.70. The smallest absolute Gasteiger partial charge is 0.416 e. The van der Waals surface area contributed by atoms with Gasteiger partial charge in [-0.1, -0.05) is 12.1 Å². The Morgan fingerprint density at radius 3 is 1.93 bits per heavy atom. The molecule has 5 nitrogen and oxygen atoms in total. The maximum absolute atomic E-state index is 13.0. The Morgan fingerprint density at radius 2 is 1.38 bits per heavy atom. The van der Waals surface area contributed by atoms with Gasteiger partial charge in [-0.3, -0.25) is 0 Å². The first-order chi connectivity index (χ1) is 13.3. The van der Waals surface area contributed by atoms with Crippen LogP contribution in [-0.4, -0.2) is 8.42 Å². The number of rotatable bonds is 3. The van der Waals surface area contributed by atoms with Gasteiger partial charge in [0.05, 0.1) is 22.6 Å². The van der Waals surface area contributed by atoms with Gasteiger partial charge in [0, 0.05) is 0 Å². The largest absolute Gasteiger partial charge is 0.422 e. The molecule has 0 N–H and O–H groups in total. The monoisotopic (exact) mass is 438 g/mol. The molecule has 0 atom stereocenters. The lowest BCUT2D eigenvalue weighted by Crippen LogP contribution is -2.16. The van der Waals surface area contributed by atoms with E-state index in [1.807, 2.05) is 0 Å². The average molecular weight is 438 g/mol. The van der Waals surface area contributed by atoms with Crippen molar-refractivity contribution in [3.8, 4) is 5.75 Å². The van der Waals surface area contributed by atoms with E-state index in [2.05, 4.69) is 0 Å². The SMILES string of the molecule is O=c1cc(OS(=O)(=O)c2cc(C(F)(F)F)cc(C(F)(F)F)c2)c2ccccc2o1. The number of benzene rings is 2. The second kappa shape index (κ2) is 6.79. The Balaban J connectivity index is 2.17. The van der Waals surface area contributed by atoms with Gasteiger partial charge in [-0.15, -0.1) is 0 Å². The number of alkyl halides is 6. The van der Waals surface area contributed by atoms with Crippen LogP contribution in [0.25, 0.3) is 11.0 Å². The zero-order valence-electron chi connectivity index (χ0n) is 13.8. The van der Waals surface area contributed by atoms with E-state index in [0.717, 1.165) is 0 Å². The lowest BCUT2D eigenvalue weighted by atomic mass is 10.1. The summed E-state index contributed by atoms with van der Waals surface area (Å²) in [7, 11) is -5.17. The fraction of sp³-hybridized carbons (Fsp3) is 0.118.